The number of nitrogens with zero attached hydrogens (tertiary/aromatic N) is 1. The first-order valence-electron chi connectivity index (χ1n) is 6.37. The van der Waals surface area contributed by atoms with Crippen molar-refractivity contribution in [2.75, 3.05) is 26.4 Å². The number of carbonyl (C=O) groups excluding carboxylic acids is 1. The predicted octanol–water partition coefficient (Wildman–Crippen LogP) is 2.03. The standard InChI is InChI=1S/C14H14BrNO4/c15-10-2-1-9-5-13(20-12(9)6-10)14(18)16-3-4-19-8-11(16)7-17/h1-2,5-6,11,17H,3-4,7-8H2. The zero-order valence-corrected chi connectivity index (χ0v) is 12.3. The topological polar surface area (TPSA) is 62.9 Å². The maximum absolute atomic E-state index is 12.5. The van der Waals surface area contributed by atoms with Gasteiger partial charge in [-0.1, -0.05) is 15.9 Å². The van der Waals surface area contributed by atoms with Crippen molar-refractivity contribution in [1.82, 2.24) is 4.90 Å². The van der Waals surface area contributed by atoms with Crippen LogP contribution in [0.5, 0.6) is 0 Å². The number of amides is 1. The van der Waals surface area contributed by atoms with Crippen molar-refractivity contribution < 1.29 is 19.1 Å². The molecule has 0 saturated carbocycles. The zero-order valence-electron chi connectivity index (χ0n) is 10.7. The Morgan fingerprint density at radius 2 is 2.30 bits per heavy atom. The van der Waals surface area contributed by atoms with E-state index in [4.69, 9.17) is 9.15 Å². The van der Waals surface area contributed by atoms with Crippen LogP contribution in [0.15, 0.2) is 33.2 Å². The highest BCUT2D eigenvalue weighted by atomic mass is 79.9. The number of hydrogen-bond donors (Lipinski definition) is 1. The molecule has 5 nitrogen and oxygen atoms in total. The average molecular weight is 340 g/mol. The second-order valence-corrected chi connectivity index (χ2v) is 5.62. The van der Waals surface area contributed by atoms with Crippen LogP contribution in [0.4, 0.5) is 0 Å². The van der Waals surface area contributed by atoms with E-state index in [1.54, 1.807) is 11.0 Å². The SMILES string of the molecule is O=C(c1cc2ccc(Br)cc2o1)N1CCOCC1CO. The fourth-order valence-corrected chi connectivity index (χ4v) is 2.67. The van der Waals surface area contributed by atoms with Gasteiger partial charge in [-0.25, -0.2) is 0 Å². The smallest absolute Gasteiger partial charge is 0.290 e. The lowest BCUT2D eigenvalue weighted by Gasteiger charge is -2.33. The Kier molecular flexibility index (Phi) is 3.78. The highest BCUT2D eigenvalue weighted by molar-refractivity contribution is 9.10. The molecule has 6 heteroatoms. The second-order valence-electron chi connectivity index (χ2n) is 4.70. The summed E-state index contributed by atoms with van der Waals surface area (Å²) in [5.74, 6) is 0.0816. The molecule has 1 unspecified atom stereocenters. The van der Waals surface area contributed by atoms with Gasteiger partial charge in [0.05, 0.1) is 25.9 Å². The average Bonchev–Trinajstić information content (AvgIpc) is 2.89. The van der Waals surface area contributed by atoms with Crippen molar-refractivity contribution in [3.8, 4) is 0 Å². The van der Waals surface area contributed by atoms with E-state index >= 15 is 0 Å². The number of halogens is 1. The van der Waals surface area contributed by atoms with Crippen LogP contribution in [-0.2, 0) is 4.74 Å². The van der Waals surface area contributed by atoms with Crippen LogP contribution in [0, 0.1) is 0 Å². The third kappa shape index (κ3) is 2.46. The first kappa shape index (κ1) is 13.6. The summed E-state index contributed by atoms with van der Waals surface area (Å²) in [6.45, 7) is 1.18. The minimum Gasteiger partial charge on any atom is -0.451 e. The van der Waals surface area contributed by atoms with Gasteiger partial charge in [-0.15, -0.1) is 0 Å². The number of ether oxygens (including phenoxy) is 1. The van der Waals surface area contributed by atoms with Crippen molar-refractivity contribution in [2.24, 2.45) is 0 Å². The summed E-state index contributed by atoms with van der Waals surface area (Å²) in [5.41, 5.74) is 0.663. The minimum atomic E-state index is -0.309. The van der Waals surface area contributed by atoms with Gasteiger partial charge in [0.2, 0.25) is 0 Å². The third-order valence-corrected chi connectivity index (χ3v) is 3.89. The number of rotatable bonds is 2. The Morgan fingerprint density at radius 3 is 3.10 bits per heavy atom. The summed E-state index contributed by atoms with van der Waals surface area (Å²) in [7, 11) is 0. The fourth-order valence-electron chi connectivity index (χ4n) is 2.33. The molecule has 0 bridgehead atoms. The molecule has 0 radical (unpaired) electrons. The second kappa shape index (κ2) is 5.55. The molecule has 106 valence electrons. The van der Waals surface area contributed by atoms with E-state index in [0.29, 0.717) is 31.1 Å². The van der Waals surface area contributed by atoms with Gasteiger partial charge in [0.25, 0.3) is 5.91 Å². The molecular formula is C14H14BrNO4. The Morgan fingerprint density at radius 1 is 1.45 bits per heavy atom. The largest absolute Gasteiger partial charge is 0.451 e. The van der Waals surface area contributed by atoms with E-state index in [-0.39, 0.29) is 18.6 Å². The maximum Gasteiger partial charge on any atom is 0.290 e. The van der Waals surface area contributed by atoms with Gasteiger partial charge >= 0.3 is 0 Å². The molecule has 1 N–H and O–H groups in total. The molecule has 0 aliphatic carbocycles. The van der Waals surface area contributed by atoms with Gasteiger partial charge in [0.1, 0.15) is 5.58 Å². The molecule has 20 heavy (non-hydrogen) atoms. The van der Waals surface area contributed by atoms with E-state index in [1.807, 2.05) is 18.2 Å². The van der Waals surface area contributed by atoms with E-state index < -0.39 is 0 Å². The van der Waals surface area contributed by atoms with Crippen LogP contribution in [0.1, 0.15) is 10.6 Å². The van der Waals surface area contributed by atoms with Gasteiger partial charge in [0.15, 0.2) is 5.76 Å². The molecule has 1 atom stereocenters. The van der Waals surface area contributed by atoms with Crippen LogP contribution in [0.3, 0.4) is 0 Å². The lowest BCUT2D eigenvalue weighted by atomic mass is 10.2. The highest BCUT2D eigenvalue weighted by Gasteiger charge is 2.29. The Labute approximate surface area is 124 Å². The number of benzene rings is 1. The van der Waals surface area contributed by atoms with Crippen LogP contribution < -0.4 is 0 Å². The van der Waals surface area contributed by atoms with Gasteiger partial charge in [-0.05, 0) is 24.3 Å². The number of furan rings is 1. The van der Waals surface area contributed by atoms with Crippen molar-refractivity contribution in [3.63, 3.8) is 0 Å². The molecule has 1 amide bonds. The van der Waals surface area contributed by atoms with Gasteiger partial charge in [-0.2, -0.15) is 0 Å². The number of aliphatic hydroxyl groups is 1. The summed E-state index contributed by atoms with van der Waals surface area (Å²) < 4.78 is 11.8. The molecule has 1 aromatic carbocycles. The number of carbonyl (C=O) groups is 1. The third-order valence-electron chi connectivity index (χ3n) is 3.39. The summed E-state index contributed by atoms with van der Waals surface area (Å²) >= 11 is 3.37. The summed E-state index contributed by atoms with van der Waals surface area (Å²) in [5, 5.41) is 10.2. The maximum atomic E-state index is 12.5. The van der Waals surface area contributed by atoms with Crippen LogP contribution in [0.25, 0.3) is 11.0 Å². The van der Waals surface area contributed by atoms with Crippen LogP contribution in [0.2, 0.25) is 0 Å². The fraction of sp³-hybridized carbons (Fsp3) is 0.357. The molecular weight excluding hydrogens is 326 g/mol. The predicted molar refractivity (Wildman–Crippen MR) is 76.6 cm³/mol. The summed E-state index contributed by atoms with van der Waals surface area (Å²) in [6, 6.07) is 7.04. The van der Waals surface area contributed by atoms with Gasteiger partial charge < -0.3 is 19.2 Å². The van der Waals surface area contributed by atoms with Crippen molar-refractivity contribution in [3.05, 3.63) is 34.5 Å². The molecule has 0 spiro atoms. The lowest BCUT2D eigenvalue weighted by Crippen LogP contribution is -2.50. The van der Waals surface area contributed by atoms with Crippen molar-refractivity contribution in [2.45, 2.75) is 6.04 Å². The van der Waals surface area contributed by atoms with Gasteiger partial charge in [-0.3, -0.25) is 4.79 Å². The lowest BCUT2D eigenvalue weighted by molar-refractivity contribution is -0.0195. The van der Waals surface area contributed by atoms with Crippen molar-refractivity contribution >= 4 is 32.8 Å². The molecule has 1 saturated heterocycles. The van der Waals surface area contributed by atoms with E-state index in [1.165, 1.54) is 0 Å². The number of aliphatic hydroxyl groups excluding tert-OH is 1. The number of fused-ring (bicyclic) bond motifs is 1. The molecule has 1 fully saturated rings. The van der Waals surface area contributed by atoms with E-state index in [2.05, 4.69) is 15.9 Å². The Hall–Kier alpha value is -1.37. The normalized spacial score (nSPS) is 19.5. The molecule has 2 aromatic rings. The van der Waals surface area contributed by atoms with E-state index in [0.717, 1.165) is 9.86 Å². The molecule has 3 rings (SSSR count). The summed E-state index contributed by atoms with van der Waals surface area (Å²) in [6.07, 6.45) is 0. The van der Waals surface area contributed by atoms with Crippen LogP contribution in [-0.4, -0.2) is 48.3 Å². The first-order chi connectivity index (χ1) is 9.69. The number of morpholine rings is 1. The Balaban J connectivity index is 1.91. The Bertz CT molecular complexity index is 639. The van der Waals surface area contributed by atoms with Gasteiger partial charge in [0, 0.05) is 16.4 Å². The molecule has 1 aliphatic heterocycles. The first-order valence-corrected chi connectivity index (χ1v) is 7.17. The van der Waals surface area contributed by atoms with Crippen LogP contribution >= 0.6 is 15.9 Å². The monoisotopic (exact) mass is 339 g/mol. The van der Waals surface area contributed by atoms with Crippen molar-refractivity contribution in [1.29, 1.82) is 0 Å². The number of hydrogen-bond acceptors (Lipinski definition) is 4. The molecule has 2 heterocycles. The molecule has 1 aromatic heterocycles. The minimum absolute atomic E-state index is 0.114. The quantitative estimate of drug-likeness (QED) is 0.909. The summed E-state index contributed by atoms with van der Waals surface area (Å²) in [4.78, 5) is 14.1. The zero-order chi connectivity index (χ0) is 14.1. The highest BCUT2D eigenvalue weighted by Crippen LogP contribution is 2.24. The molecule has 1 aliphatic rings. The van der Waals surface area contributed by atoms with E-state index in [9.17, 15) is 9.90 Å².